The van der Waals surface area contributed by atoms with Gasteiger partial charge in [-0.1, -0.05) is 25.3 Å². The first-order valence-electron chi connectivity index (χ1n) is 11.7. The normalized spacial score (nSPS) is 18.3. The largest absolute Gasteiger partial charge is 0.478 e. The van der Waals surface area contributed by atoms with Gasteiger partial charge in [0.1, 0.15) is 0 Å². The van der Waals surface area contributed by atoms with Gasteiger partial charge in [0, 0.05) is 37.9 Å². The lowest BCUT2D eigenvalue weighted by Crippen LogP contribution is -2.51. The van der Waals surface area contributed by atoms with Crippen LogP contribution in [0.15, 0.2) is 41.3 Å². The Hall–Kier alpha value is -2.58. The molecule has 0 aromatic heterocycles. The van der Waals surface area contributed by atoms with Crippen LogP contribution in [0, 0.1) is 13.8 Å². The van der Waals surface area contributed by atoms with Crippen LogP contribution in [0.25, 0.3) is 0 Å². The molecule has 33 heavy (non-hydrogen) atoms. The lowest BCUT2D eigenvalue weighted by atomic mass is 9.94. The molecule has 0 bridgehead atoms. The standard InChI is InChI=1S/C25H33N3O4S/c1-18-14-19(2)16-22(15-18)33(31,32)26-20-8-9-24(23(17-20)25(29)30)28-12-10-27(11-13-28)21-6-4-3-5-7-21/h8-9,14-17,21,26H,3-7,10-13H2,1-2H3,(H,29,30). The van der Waals surface area contributed by atoms with Crippen LogP contribution < -0.4 is 9.62 Å². The molecule has 2 N–H and O–H groups in total. The lowest BCUT2D eigenvalue weighted by molar-refractivity contribution is 0.0697. The number of nitrogens with zero attached hydrogens (tertiary/aromatic N) is 2. The minimum absolute atomic E-state index is 0.113. The van der Waals surface area contributed by atoms with E-state index < -0.39 is 16.0 Å². The molecule has 2 aliphatic rings. The molecule has 2 fully saturated rings. The van der Waals surface area contributed by atoms with Gasteiger partial charge in [0.05, 0.1) is 16.1 Å². The molecule has 0 amide bonds. The Labute approximate surface area is 196 Å². The summed E-state index contributed by atoms with van der Waals surface area (Å²) < 4.78 is 28.3. The number of carbonyl (C=O) groups is 1. The van der Waals surface area contributed by atoms with Gasteiger partial charge in [-0.15, -0.1) is 0 Å². The van der Waals surface area contributed by atoms with E-state index in [2.05, 4.69) is 14.5 Å². The molecule has 0 atom stereocenters. The van der Waals surface area contributed by atoms with Crippen molar-refractivity contribution in [1.29, 1.82) is 0 Å². The monoisotopic (exact) mass is 471 g/mol. The van der Waals surface area contributed by atoms with Crippen molar-refractivity contribution in [3.05, 3.63) is 53.1 Å². The van der Waals surface area contributed by atoms with Gasteiger partial charge in [-0.2, -0.15) is 0 Å². The minimum Gasteiger partial charge on any atom is -0.478 e. The maximum atomic E-state index is 12.9. The maximum absolute atomic E-state index is 12.9. The van der Waals surface area contributed by atoms with Crippen molar-refractivity contribution >= 4 is 27.4 Å². The fourth-order valence-electron chi connectivity index (χ4n) is 5.12. The van der Waals surface area contributed by atoms with Crippen LogP contribution in [0.3, 0.4) is 0 Å². The van der Waals surface area contributed by atoms with Crippen LogP contribution in [0.2, 0.25) is 0 Å². The highest BCUT2D eigenvalue weighted by atomic mass is 32.2. The first kappa shape index (κ1) is 23.6. The van der Waals surface area contributed by atoms with Gasteiger partial charge in [-0.05, 0) is 68.1 Å². The zero-order chi connectivity index (χ0) is 23.6. The topological polar surface area (TPSA) is 90.0 Å². The van der Waals surface area contributed by atoms with Crippen molar-refractivity contribution in [2.24, 2.45) is 0 Å². The molecule has 1 saturated heterocycles. The number of aryl methyl sites for hydroxylation is 2. The van der Waals surface area contributed by atoms with Gasteiger partial charge in [0.25, 0.3) is 10.0 Å². The van der Waals surface area contributed by atoms with E-state index >= 15 is 0 Å². The zero-order valence-electron chi connectivity index (χ0n) is 19.4. The van der Waals surface area contributed by atoms with Crippen molar-refractivity contribution in [2.75, 3.05) is 35.8 Å². The first-order chi connectivity index (χ1) is 15.7. The third-order valence-corrected chi connectivity index (χ3v) is 8.09. The van der Waals surface area contributed by atoms with Crippen LogP contribution in [0.5, 0.6) is 0 Å². The van der Waals surface area contributed by atoms with Crippen molar-refractivity contribution in [2.45, 2.75) is 56.9 Å². The number of anilines is 2. The summed E-state index contributed by atoms with van der Waals surface area (Å²) in [5, 5.41) is 9.85. The average Bonchev–Trinajstić information content (AvgIpc) is 2.79. The molecule has 7 nitrogen and oxygen atoms in total. The van der Waals surface area contributed by atoms with Crippen LogP contribution in [0.1, 0.15) is 53.6 Å². The predicted molar refractivity (Wildman–Crippen MR) is 131 cm³/mol. The number of rotatable bonds is 6. The molecule has 1 saturated carbocycles. The number of nitrogens with one attached hydrogen (secondary N) is 1. The lowest BCUT2D eigenvalue weighted by Gasteiger charge is -2.41. The average molecular weight is 472 g/mol. The Kier molecular flexibility index (Phi) is 6.95. The fraction of sp³-hybridized carbons (Fsp3) is 0.480. The number of aromatic carboxylic acids is 1. The highest BCUT2D eigenvalue weighted by Gasteiger charge is 2.27. The second-order valence-corrected chi connectivity index (χ2v) is 11.0. The van der Waals surface area contributed by atoms with Crippen molar-refractivity contribution in [3.8, 4) is 0 Å². The molecule has 178 valence electrons. The van der Waals surface area contributed by atoms with E-state index in [1.165, 1.54) is 38.2 Å². The Morgan fingerprint density at radius 1 is 0.939 bits per heavy atom. The number of carboxylic acids is 1. The van der Waals surface area contributed by atoms with Crippen LogP contribution >= 0.6 is 0 Å². The SMILES string of the molecule is Cc1cc(C)cc(S(=O)(=O)Nc2ccc(N3CCN(C4CCCCC4)CC3)c(C(=O)O)c2)c1. The van der Waals surface area contributed by atoms with Gasteiger partial charge in [0.2, 0.25) is 0 Å². The summed E-state index contributed by atoms with van der Waals surface area (Å²) in [6.45, 7) is 7.07. The predicted octanol–water partition coefficient (Wildman–Crippen LogP) is 4.26. The summed E-state index contributed by atoms with van der Waals surface area (Å²) in [5.74, 6) is -1.06. The second kappa shape index (κ2) is 9.73. The van der Waals surface area contributed by atoms with Crippen LogP contribution in [0.4, 0.5) is 11.4 Å². The first-order valence-corrected chi connectivity index (χ1v) is 13.2. The maximum Gasteiger partial charge on any atom is 0.337 e. The summed E-state index contributed by atoms with van der Waals surface area (Å²) >= 11 is 0. The minimum atomic E-state index is -3.82. The van der Waals surface area contributed by atoms with Gasteiger partial charge in [-0.25, -0.2) is 13.2 Å². The van der Waals surface area contributed by atoms with Crippen LogP contribution in [-0.2, 0) is 10.0 Å². The van der Waals surface area contributed by atoms with Gasteiger partial charge < -0.3 is 10.0 Å². The Morgan fingerprint density at radius 2 is 1.58 bits per heavy atom. The molecule has 0 radical (unpaired) electrons. The molecule has 0 spiro atoms. The van der Waals surface area contributed by atoms with Gasteiger partial charge in [-0.3, -0.25) is 9.62 Å². The van der Waals surface area contributed by atoms with Gasteiger partial charge in [0.15, 0.2) is 0 Å². The molecule has 1 aliphatic heterocycles. The van der Waals surface area contributed by atoms with E-state index in [-0.39, 0.29) is 16.1 Å². The van der Waals surface area contributed by atoms with E-state index in [0.29, 0.717) is 11.7 Å². The van der Waals surface area contributed by atoms with Crippen molar-refractivity contribution in [3.63, 3.8) is 0 Å². The Balaban J connectivity index is 1.50. The second-order valence-electron chi connectivity index (χ2n) is 9.28. The van der Waals surface area contributed by atoms with Gasteiger partial charge >= 0.3 is 5.97 Å². The number of sulfonamides is 1. The molecule has 0 unspecified atom stereocenters. The van der Waals surface area contributed by atoms with Crippen molar-refractivity contribution in [1.82, 2.24) is 4.90 Å². The molecule has 2 aromatic carbocycles. The Morgan fingerprint density at radius 3 is 2.18 bits per heavy atom. The van der Waals surface area contributed by atoms with Crippen molar-refractivity contribution < 1.29 is 18.3 Å². The number of benzene rings is 2. The van der Waals surface area contributed by atoms with E-state index in [9.17, 15) is 18.3 Å². The number of hydrogen-bond acceptors (Lipinski definition) is 5. The van der Waals surface area contributed by atoms with E-state index in [4.69, 9.17) is 0 Å². The quantitative estimate of drug-likeness (QED) is 0.654. The fourth-order valence-corrected chi connectivity index (χ4v) is 6.36. The molecular weight excluding hydrogens is 438 g/mol. The molecule has 2 aromatic rings. The van der Waals surface area contributed by atoms with E-state index in [1.807, 2.05) is 19.9 Å². The molecule has 4 rings (SSSR count). The molecule has 8 heteroatoms. The Bertz CT molecular complexity index is 1100. The summed E-state index contributed by atoms with van der Waals surface area (Å²) in [7, 11) is -3.82. The zero-order valence-corrected chi connectivity index (χ0v) is 20.2. The summed E-state index contributed by atoms with van der Waals surface area (Å²) in [4.78, 5) is 16.9. The molecule has 1 heterocycles. The smallest absolute Gasteiger partial charge is 0.337 e. The number of hydrogen-bond donors (Lipinski definition) is 2. The van der Waals surface area contributed by atoms with E-state index in [0.717, 1.165) is 37.3 Å². The van der Waals surface area contributed by atoms with Crippen LogP contribution in [-0.4, -0.2) is 56.6 Å². The molecular formula is C25H33N3O4S. The summed E-state index contributed by atoms with van der Waals surface area (Å²) in [6, 6.07) is 10.6. The summed E-state index contributed by atoms with van der Waals surface area (Å²) in [5.41, 5.74) is 2.70. The highest BCUT2D eigenvalue weighted by molar-refractivity contribution is 7.92. The third-order valence-electron chi connectivity index (χ3n) is 6.73. The third kappa shape index (κ3) is 5.50. The number of carboxylic acid groups (broad SMARTS) is 1. The number of piperazine rings is 1. The molecule has 1 aliphatic carbocycles. The summed E-state index contributed by atoms with van der Waals surface area (Å²) in [6.07, 6.45) is 6.45. The highest BCUT2D eigenvalue weighted by Crippen LogP contribution is 2.29. The van der Waals surface area contributed by atoms with E-state index in [1.54, 1.807) is 24.3 Å².